The molecule has 0 aliphatic carbocycles. The van der Waals surface area contributed by atoms with Crippen LogP contribution in [0, 0.1) is 12.8 Å². The van der Waals surface area contributed by atoms with E-state index in [1.165, 1.54) is 7.11 Å². The molecule has 0 heterocycles. The molecule has 6 nitrogen and oxygen atoms in total. The third-order valence-corrected chi connectivity index (χ3v) is 4.50. The molecule has 0 saturated heterocycles. The van der Waals surface area contributed by atoms with E-state index in [0.717, 1.165) is 17.4 Å². The van der Waals surface area contributed by atoms with Crippen LogP contribution in [0.25, 0.3) is 0 Å². The maximum Gasteiger partial charge on any atom is 0.306 e. The maximum atomic E-state index is 13.0. The highest BCUT2D eigenvalue weighted by molar-refractivity contribution is 7.86. The zero-order chi connectivity index (χ0) is 20.9. The molecule has 28 heavy (non-hydrogen) atoms. The second kappa shape index (κ2) is 9.10. The van der Waals surface area contributed by atoms with Gasteiger partial charge >= 0.3 is 10.1 Å². The van der Waals surface area contributed by atoms with Gasteiger partial charge in [0, 0.05) is 18.7 Å². The summed E-state index contributed by atoms with van der Waals surface area (Å²) in [5.41, 5.74) is 2.46. The highest BCUT2D eigenvalue weighted by Gasteiger charge is 2.19. The number of aryl methyl sites for hydroxylation is 1. The van der Waals surface area contributed by atoms with Crippen LogP contribution in [0.2, 0.25) is 0 Å². The van der Waals surface area contributed by atoms with Crippen molar-refractivity contribution in [3.8, 4) is 11.5 Å². The predicted octanol–water partition coefficient (Wildman–Crippen LogP) is 3.64. The Hall–Kier alpha value is -2.54. The first-order valence-electron chi connectivity index (χ1n) is 9.01. The quantitative estimate of drug-likeness (QED) is 0.627. The van der Waals surface area contributed by atoms with Crippen molar-refractivity contribution in [1.82, 2.24) is 4.90 Å². The first-order valence-corrected chi connectivity index (χ1v) is 10.8. The van der Waals surface area contributed by atoms with E-state index in [0.29, 0.717) is 24.4 Å². The molecule has 0 N–H and O–H groups in total. The SMILES string of the molecule is COc1ccc(CN(CC(C)C)C(=O)c2ccc(C)cc2)cc1OS(C)(=O)=O. The van der Waals surface area contributed by atoms with Crippen molar-refractivity contribution < 1.29 is 22.1 Å². The molecule has 2 rings (SSSR count). The third kappa shape index (κ3) is 6.27. The van der Waals surface area contributed by atoms with E-state index in [2.05, 4.69) is 0 Å². The van der Waals surface area contributed by atoms with E-state index in [1.54, 1.807) is 23.1 Å². The molecule has 7 heteroatoms. The Labute approximate surface area is 167 Å². The molecular weight excluding hydrogens is 378 g/mol. The van der Waals surface area contributed by atoms with Crippen LogP contribution < -0.4 is 8.92 Å². The lowest BCUT2D eigenvalue weighted by atomic mass is 10.1. The molecule has 2 aromatic rings. The lowest BCUT2D eigenvalue weighted by Gasteiger charge is -2.25. The Kier molecular flexibility index (Phi) is 7.07. The van der Waals surface area contributed by atoms with Crippen LogP contribution in [0.4, 0.5) is 0 Å². The van der Waals surface area contributed by atoms with Crippen molar-refractivity contribution in [2.45, 2.75) is 27.3 Å². The van der Waals surface area contributed by atoms with E-state index in [-0.39, 0.29) is 17.6 Å². The summed E-state index contributed by atoms with van der Waals surface area (Å²) in [5, 5.41) is 0. The highest BCUT2D eigenvalue weighted by Crippen LogP contribution is 2.30. The van der Waals surface area contributed by atoms with Crippen LogP contribution in [-0.4, -0.2) is 39.1 Å². The number of methoxy groups -OCH3 is 1. The van der Waals surface area contributed by atoms with Crippen molar-refractivity contribution in [1.29, 1.82) is 0 Å². The number of rotatable bonds is 8. The summed E-state index contributed by atoms with van der Waals surface area (Å²) in [5.74, 6) is 0.624. The smallest absolute Gasteiger partial charge is 0.306 e. The summed E-state index contributed by atoms with van der Waals surface area (Å²) in [4.78, 5) is 14.8. The summed E-state index contributed by atoms with van der Waals surface area (Å²) in [6.45, 7) is 6.96. The van der Waals surface area contributed by atoms with Crippen LogP contribution >= 0.6 is 0 Å². The van der Waals surface area contributed by atoms with Crippen LogP contribution in [0.15, 0.2) is 42.5 Å². The van der Waals surface area contributed by atoms with Gasteiger partial charge in [-0.15, -0.1) is 0 Å². The van der Waals surface area contributed by atoms with Crippen molar-refractivity contribution >= 4 is 16.0 Å². The molecule has 0 aliphatic rings. The lowest BCUT2D eigenvalue weighted by molar-refractivity contribution is 0.0722. The van der Waals surface area contributed by atoms with Crippen molar-refractivity contribution in [3.63, 3.8) is 0 Å². The second-order valence-corrected chi connectivity index (χ2v) is 8.79. The standard InChI is InChI=1S/C21H27NO5S/c1-15(2)13-22(21(23)18-9-6-16(3)7-10-18)14-17-8-11-19(26-4)20(12-17)27-28(5,24)25/h6-12,15H,13-14H2,1-5H3. The molecule has 0 aromatic heterocycles. The number of ether oxygens (including phenoxy) is 1. The van der Waals surface area contributed by atoms with E-state index >= 15 is 0 Å². The molecule has 2 aromatic carbocycles. The van der Waals surface area contributed by atoms with Gasteiger partial charge in [-0.2, -0.15) is 8.42 Å². The third-order valence-electron chi connectivity index (χ3n) is 4.01. The van der Waals surface area contributed by atoms with Crippen molar-refractivity contribution in [3.05, 3.63) is 59.2 Å². The van der Waals surface area contributed by atoms with Crippen LogP contribution in [0.1, 0.15) is 35.3 Å². The van der Waals surface area contributed by atoms with Gasteiger partial charge in [0.2, 0.25) is 0 Å². The number of nitrogens with zero attached hydrogens (tertiary/aromatic N) is 1. The van der Waals surface area contributed by atoms with Gasteiger partial charge in [0.1, 0.15) is 0 Å². The summed E-state index contributed by atoms with van der Waals surface area (Å²) in [6.07, 6.45) is 0.977. The van der Waals surface area contributed by atoms with Gasteiger partial charge in [-0.25, -0.2) is 0 Å². The number of hydrogen-bond donors (Lipinski definition) is 0. The number of amides is 1. The Morgan fingerprint density at radius 3 is 2.25 bits per heavy atom. The number of hydrogen-bond acceptors (Lipinski definition) is 5. The van der Waals surface area contributed by atoms with Gasteiger partial charge in [-0.1, -0.05) is 37.6 Å². The lowest BCUT2D eigenvalue weighted by Crippen LogP contribution is -2.33. The summed E-state index contributed by atoms with van der Waals surface area (Å²) < 4.78 is 33.3. The topological polar surface area (TPSA) is 72.9 Å². The molecule has 0 saturated carbocycles. The van der Waals surface area contributed by atoms with E-state index in [9.17, 15) is 13.2 Å². The maximum absolute atomic E-state index is 13.0. The van der Waals surface area contributed by atoms with Gasteiger partial charge in [-0.05, 0) is 42.7 Å². The number of benzene rings is 2. The summed E-state index contributed by atoms with van der Waals surface area (Å²) in [7, 11) is -2.26. The molecule has 152 valence electrons. The van der Waals surface area contributed by atoms with Gasteiger partial charge in [0.25, 0.3) is 5.91 Å². The Bertz CT molecular complexity index is 920. The fourth-order valence-electron chi connectivity index (χ4n) is 2.81. The number of carbonyl (C=O) groups excluding carboxylic acids is 1. The molecule has 1 amide bonds. The Morgan fingerprint density at radius 1 is 1.07 bits per heavy atom. The van der Waals surface area contributed by atoms with E-state index in [1.807, 2.05) is 45.0 Å². The molecule has 0 unspecified atom stereocenters. The minimum Gasteiger partial charge on any atom is -0.493 e. The fourth-order valence-corrected chi connectivity index (χ4v) is 3.26. The second-order valence-electron chi connectivity index (χ2n) is 7.22. The van der Waals surface area contributed by atoms with Gasteiger partial charge in [0.15, 0.2) is 11.5 Å². The number of carbonyl (C=O) groups is 1. The van der Waals surface area contributed by atoms with Gasteiger partial charge < -0.3 is 13.8 Å². The van der Waals surface area contributed by atoms with Crippen LogP contribution in [0.3, 0.4) is 0 Å². The fraction of sp³-hybridized carbons (Fsp3) is 0.381. The van der Waals surface area contributed by atoms with E-state index < -0.39 is 10.1 Å². The normalized spacial score (nSPS) is 11.4. The van der Waals surface area contributed by atoms with Gasteiger partial charge in [-0.3, -0.25) is 4.79 Å². The Morgan fingerprint density at radius 2 is 1.71 bits per heavy atom. The highest BCUT2D eigenvalue weighted by atomic mass is 32.2. The van der Waals surface area contributed by atoms with Crippen molar-refractivity contribution in [2.24, 2.45) is 5.92 Å². The van der Waals surface area contributed by atoms with Crippen LogP contribution in [0.5, 0.6) is 11.5 Å². The van der Waals surface area contributed by atoms with Crippen LogP contribution in [-0.2, 0) is 16.7 Å². The minimum absolute atomic E-state index is 0.0740. The summed E-state index contributed by atoms with van der Waals surface area (Å²) >= 11 is 0. The average molecular weight is 406 g/mol. The monoisotopic (exact) mass is 405 g/mol. The first-order chi connectivity index (χ1) is 13.1. The molecule has 0 bridgehead atoms. The minimum atomic E-state index is -3.70. The predicted molar refractivity (Wildman–Crippen MR) is 109 cm³/mol. The zero-order valence-corrected chi connectivity index (χ0v) is 17.7. The zero-order valence-electron chi connectivity index (χ0n) is 16.9. The first kappa shape index (κ1) is 21.8. The molecule has 0 atom stereocenters. The average Bonchev–Trinajstić information content (AvgIpc) is 2.60. The summed E-state index contributed by atoms with van der Waals surface area (Å²) in [6, 6.07) is 12.5. The Balaban J connectivity index is 2.32. The molecule has 0 radical (unpaired) electrons. The molecule has 0 aliphatic heterocycles. The van der Waals surface area contributed by atoms with Gasteiger partial charge in [0.05, 0.1) is 13.4 Å². The molecular formula is C21H27NO5S. The molecule has 0 fully saturated rings. The molecule has 0 spiro atoms. The van der Waals surface area contributed by atoms with Crippen molar-refractivity contribution in [2.75, 3.05) is 19.9 Å². The van der Waals surface area contributed by atoms with E-state index in [4.69, 9.17) is 8.92 Å². The largest absolute Gasteiger partial charge is 0.493 e.